The maximum atomic E-state index is 14.2. The van der Waals surface area contributed by atoms with E-state index in [1.807, 2.05) is 18.2 Å². The zero-order chi connectivity index (χ0) is 18.5. The molecule has 2 atom stereocenters. The summed E-state index contributed by atoms with van der Waals surface area (Å²) >= 11 is 6.16. The zero-order valence-electron chi connectivity index (χ0n) is 13.6. The van der Waals surface area contributed by atoms with Crippen molar-refractivity contribution in [2.24, 2.45) is 0 Å². The lowest BCUT2D eigenvalue weighted by Gasteiger charge is -2.44. The van der Waals surface area contributed by atoms with Crippen molar-refractivity contribution < 1.29 is 9.18 Å². The second kappa shape index (κ2) is 5.85. The smallest absolute Gasteiger partial charge is 0.262 e. The van der Waals surface area contributed by atoms with Gasteiger partial charge < -0.3 is 0 Å². The van der Waals surface area contributed by atoms with Crippen LogP contribution in [-0.4, -0.2) is 41.3 Å². The van der Waals surface area contributed by atoms with Crippen molar-refractivity contribution in [3.8, 4) is 0 Å². The van der Waals surface area contributed by atoms with Crippen LogP contribution >= 0.6 is 11.6 Å². The molecule has 2 aromatic carbocycles. The summed E-state index contributed by atoms with van der Waals surface area (Å²) in [4.78, 5) is 16.8. The topological polar surface area (TPSA) is 88.3 Å². The summed E-state index contributed by atoms with van der Waals surface area (Å²) in [5.41, 5.74) is 4.93. The van der Waals surface area contributed by atoms with Gasteiger partial charge in [-0.15, -0.1) is 16.7 Å². The van der Waals surface area contributed by atoms with Crippen molar-refractivity contribution in [3.63, 3.8) is 0 Å². The summed E-state index contributed by atoms with van der Waals surface area (Å²) in [5.74, 6) is -0.546. The zero-order valence-corrected chi connectivity index (χ0v) is 14.4. The Morgan fingerprint density at radius 3 is 2.74 bits per heavy atom. The molecule has 2 aromatic heterocycles. The summed E-state index contributed by atoms with van der Waals surface area (Å²) < 4.78 is 15.7. The number of nitrogens with one attached hydrogen (secondary N) is 1. The maximum absolute atomic E-state index is 14.2. The van der Waals surface area contributed by atoms with Gasteiger partial charge in [0.1, 0.15) is 17.2 Å². The van der Waals surface area contributed by atoms with Crippen LogP contribution in [0.2, 0.25) is 0 Å². The number of aromatic nitrogens is 5. The second-order valence-corrected chi connectivity index (χ2v) is 6.52. The van der Waals surface area contributed by atoms with Crippen LogP contribution < -0.4 is 5.43 Å². The number of nitrogens with zero attached hydrogens (tertiary/aromatic N) is 6. The molecule has 0 radical (unpaired) electrons. The normalized spacial score (nSPS) is 19.5. The molecule has 4 aromatic rings. The summed E-state index contributed by atoms with van der Waals surface area (Å²) in [7, 11) is 0. The number of carbonyl (C=O) groups excluding carboxylic acids is 1. The number of hydrogen-bond acceptors (Lipinski definition) is 6. The van der Waals surface area contributed by atoms with Crippen molar-refractivity contribution in [2.75, 3.05) is 5.43 Å². The molecule has 0 aliphatic carbocycles. The van der Waals surface area contributed by atoms with Crippen LogP contribution in [0.3, 0.4) is 0 Å². The number of hydrazine groups is 1. The summed E-state index contributed by atoms with van der Waals surface area (Å²) in [6.45, 7) is 0. The Bertz CT molecular complexity index is 1200. The molecular formula is C17H11ClFN7O. The van der Waals surface area contributed by atoms with Gasteiger partial charge in [-0.25, -0.2) is 14.4 Å². The van der Waals surface area contributed by atoms with Gasteiger partial charge in [0.05, 0.1) is 11.0 Å². The van der Waals surface area contributed by atoms with Crippen LogP contribution in [0, 0.1) is 5.82 Å². The molecule has 27 heavy (non-hydrogen) atoms. The first kappa shape index (κ1) is 15.9. The minimum atomic E-state index is -0.873. The summed E-state index contributed by atoms with van der Waals surface area (Å²) in [5, 5.41) is 12.0. The molecular weight excluding hydrogens is 373 g/mol. The van der Waals surface area contributed by atoms with Gasteiger partial charge in [0.15, 0.2) is 5.82 Å². The van der Waals surface area contributed by atoms with Gasteiger partial charge in [-0.1, -0.05) is 30.3 Å². The van der Waals surface area contributed by atoms with Gasteiger partial charge in [-0.3, -0.25) is 10.2 Å². The van der Waals surface area contributed by atoms with Crippen molar-refractivity contribution in [1.82, 2.24) is 30.0 Å². The monoisotopic (exact) mass is 383 g/mol. The Balaban J connectivity index is 1.58. The quantitative estimate of drug-likeness (QED) is 0.431. The number of halogens is 2. The lowest BCUT2D eigenvalue weighted by atomic mass is 9.95. The fraction of sp³-hybridized carbons (Fsp3) is 0.118. The minimum absolute atomic E-state index is 0.275. The number of tetrazole rings is 1. The Hall–Kier alpha value is -3.33. The predicted molar refractivity (Wildman–Crippen MR) is 95.3 cm³/mol. The fourth-order valence-corrected chi connectivity index (χ4v) is 3.54. The molecule has 1 aliphatic rings. The average Bonchev–Trinajstić information content (AvgIpc) is 3.19. The Morgan fingerprint density at radius 1 is 1.11 bits per heavy atom. The molecule has 5 rings (SSSR count). The molecule has 10 heteroatoms. The highest BCUT2D eigenvalue weighted by molar-refractivity contribution is 6.33. The predicted octanol–water partition coefficient (Wildman–Crippen LogP) is 2.33. The van der Waals surface area contributed by atoms with E-state index in [1.165, 1.54) is 15.6 Å². The SMILES string of the molecule is O=C1C(Cl)C(c2ccccc2F)N1Nc1nc2ccccc2n2nnnc12. The van der Waals surface area contributed by atoms with Crippen molar-refractivity contribution in [3.05, 3.63) is 59.9 Å². The lowest BCUT2D eigenvalue weighted by Crippen LogP contribution is -2.59. The second-order valence-electron chi connectivity index (χ2n) is 6.05. The number of rotatable bonds is 3. The first-order valence-corrected chi connectivity index (χ1v) is 8.54. The Kier molecular flexibility index (Phi) is 3.44. The molecule has 1 fully saturated rings. The van der Waals surface area contributed by atoms with E-state index >= 15 is 0 Å². The van der Waals surface area contributed by atoms with E-state index < -0.39 is 17.2 Å². The van der Waals surface area contributed by atoms with Crippen LogP contribution in [0.4, 0.5) is 10.2 Å². The van der Waals surface area contributed by atoms with E-state index in [2.05, 4.69) is 25.9 Å². The number of amides is 1. The van der Waals surface area contributed by atoms with E-state index in [0.717, 1.165) is 5.52 Å². The highest BCUT2D eigenvalue weighted by atomic mass is 35.5. The number of para-hydroxylation sites is 2. The number of alkyl halides is 1. The van der Waals surface area contributed by atoms with Gasteiger partial charge in [0.25, 0.3) is 5.91 Å². The van der Waals surface area contributed by atoms with Crippen LogP contribution in [0.1, 0.15) is 11.6 Å². The number of β-lactam (4-membered cyclic amide) rings is 1. The Morgan fingerprint density at radius 2 is 1.89 bits per heavy atom. The number of fused-ring (bicyclic) bond motifs is 3. The van der Waals surface area contributed by atoms with Crippen LogP contribution in [0.25, 0.3) is 16.7 Å². The van der Waals surface area contributed by atoms with E-state index in [1.54, 1.807) is 24.3 Å². The largest absolute Gasteiger partial charge is 0.275 e. The molecule has 134 valence electrons. The molecule has 8 nitrogen and oxygen atoms in total. The molecule has 3 heterocycles. The first-order valence-electron chi connectivity index (χ1n) is 8.10. The third kappa shape index (κ3) is 2.32. The standard InChI is InChI=1S/C17H11ClFN7O/c18-13-14(9-5-1-2-6-10(9)19)26(17(13)27)22-15-16-21-23-24-25(16)12-8-4-3-7-11(12)20-15/h1-8,13-14H,(H,20,22). The van der Waals surface area contributed by atoms with Gasteiger partial charge >= 0.3 is 0 Å². The highest BCUT2D eigenvalue weighted by Gasteiger charge is 2.49. The van der Waals surface area contributed by atoms with Crippen LogP contribution in [-0.2, 0) is 4.79 Å². The van der Waals surface area contributed by atoms with Crippen LogP contribution in [0.5, 0.6) is 0 Å². The molecule has 0 bridgehead atoms. The average molecular weight is 384 g/mol. The van der Waals surface area contributed by atoms with E-state index in [4.69, 9.17) is 11.6 Å². The van der Waals surface area contributed by atoms with Gasteiger partial charge in [0, 0.05) is 5.56 Å². The van der Waals surface area contributed by atoms with E-state index in [0.29, 0.717) is 16.7 Å². The fourth-order valence-electron chi connectivity index (χ4n) is 3.18. The summed E-state index contributed by atoms with van der Waals surface area (Å²) in [6.07, 6.45) is 0. The molecule has 1 N–H and O–H groups in total. The minimum Gasteiger partial charge on any atom is -0.275 e. The molecule has 1 saturated heterocycles. The molecule has 0 saturated carbocycles. The van der Waals surface area contributed by atoms with Crippen molar-refractivity contribution in [2.45, 2.75) is 11.4 Å². The number of benzene rings is 2. The molecule has 1 amide bonds. The van der Waals surface area contributed by atoms with E-state index in [-0.39, 0.29) is 11.7 Å². The number of hydrogen-bond donors (Lipinski definition) is 1. The lowest BCUT2D eigenvalue weighted by molar-refractivity contribution is -0.143. The molecule has 2 unspecified atom stereocenters. The third-order valence-corrected chi connectivity index (χ3v) is 4.93. The Labute approximate surface area is 156 Å². The first-order chi connectivity index (χ1) is 13.1. The molecule has 1 aliphatic heterocycles. The van der Waals surface area contributed by atoms with Gasteiger partial charge in [0.2, 0.25) is 5.65 Å². The van der Waals surface area contributed by atoms with E-state index in [9.17, 15) is 9.18 Å². The van der Waals surface area contributed by atoms with Crippen LogP contribution in [0.15, 0.2) is 48.5 Å². The number of carbonyl (C=O) groups is 1. The highest BCUT2D eigenvalue weighted by Crippen LogP contribution is 2.39. The van der Waals surface area contributed by atoms with Gasteiger partial charge in [-0.2, -0.15) is 4.52 Å². The molecule has 0 spiro atoms. The maximum Gasteiger partial charge on any atom is 0.262 e. The van der Waals surface area contributed by atoms with Crippen molar-refractivity contribution in [1.29, 1.82) is 0 Å². The third-order valence-electron chi connectivity index (χ3n) is 4.50. The van der Waals surface area contributed by atoms with Crippen molar-refractivity contribution >= 4 is 40.0 Å². The summed E-state index contributed by atoms with van der Waals surface area (Å²) in [6, 6.07) is 12.8. The van der Waals surface area contributed by atoms with Gasteiger partial charge in [-0.05, 0) is 28.6 Å². The number of anilines is 1.